The highest BCUT2D eigenvalue weighted by Gasteiger charge is 2.09. The minimum Gasteiger partial charge on any atom is -0.496 e. The largest absolute Gasteiger partial charge is 0.496 e. The lowest BCUT2D eigenvalue weighted by Gasteiger charge is -2.09. The number of methoxy groups -OCH3 is 1. The van der Waals surface area contributed by atoms with Crippen molar-refractivity contribution in [3.63, 3.8) is 0 Å². The van der Waals surface area contributed by atoms with Gasteiger partial charge in [-0.25, -0.2) is 0 Å². The summed E-state index contributed by atoms with van der Waals surface area (Å²) in [5.41, 5.74) is 8.01. The number of carbonyl (C=O) groups excluding carboxylic acids is 3. The molecule has 2 aromatic rings. The number of nitrogens with one attached hydrogen (secondary N) is 3. The van der Waals surface area contributed by atoms with Crippen molar-refractivity contribution in [1.29, 1.82) is 0 Å². The standard InChI is InChI=1S/C22H25N3O4/c1-15-8-9-16(2)18(14-15)23-20(26)12-13-22(28)25-24-21(27)11-10-17-6-4-5-7-19(17)29-3/h4-11,14H,12-13H2,1-3H3,(H,23,26)(H,24,27)(H,25,28)/b11-10+. The molecule has 0 spiro atoms. The molecule has 0 bridgehead atoms. The molecule has 0 heterocycles. The van der Waals surface area contributed by atoms with E-state index in [2.05, 4.69) is 16.2 Å². The first-order chi connectivity index (χ1) is 13.9. The number of rotatable bonds is 7. The van der Waals surface area contributed by atoms with Crippen LogP contribution in [0.15, 0.2) is 48.5 Å². The molecule has 0 saturated carbocycles. The highest BCUT2D eigenvalue weighted by atomic mass is 16.5. The van der Waals surface area contributed by atoms with Crippen LogP contribution in [0, 0.1) is 13.8 Å². The predicted molar refractivity (Wildman–Crippen MR) is 112 cm³/mol. The van der Waals surface area contributed by atoms with Gasteiger partial charge in [0.25, 0.3) is 5.91 Å². The smallest absolute Gasteiger partial charge is 0.262 e. The van der Waals surface area contributed by atoms with E-state index in [0.29, 0.717) is 5.75 Å². The first kappa shape index (κ1) is 21.7. The van der Waals surface area contributed by atoms with Gasteiger partial charge in [0.05, 0.1) is 7.11 Å². The van der Waals surface area contributed by atoms with Gasteiger partial charge in [-0.3, -0.25) is 25.2 Å². The molecule has 0 radical (unpaired) electrons. The van der Waals surface area contributed by atoms with Gasteiger partial charge >= 0.3 is 0 Å². The van der Waals surface area contributed by atoms with Crippen molar-refractivity contribution in [2.75, 3.05) is 12.4 Å². The van der Waals surface area contributed by atoms with Crippen LogP contribution in [0.5, 0.6) is 5.75 Å². The first-order valence-corrected chi connectivity index (χ1v) is 9.16. The normalized spacial score (nSPS) is 10.4. The van der Waals surface area contributed by atoms with Crippen LogP contribution in [0.25, 0.3) is 6.08 Å². The van der Waals surface area contributed by atoms with Crippen LogP contribution in [0.2, 0.25) is 0 Å². The molecule has 0 aliphatic rings. The van der Waals surface area contributed by atoms with E-state index < -0.39 is 11.8 Å². The van der Waals surface area contributed by atoms with Gasteiger partial charge in [-0.1, -0.05) is 30.3 Å². The molecule has 7 nitrogen and oxygen atoms in total. The van der Waals surface area contributed by atoms with Crippen molar-refractivity contribution in [3.8, 4) is 5.75 Å². The second-order valence-electron chi connectivity index (χ2n) is 6.48. The van der Waals surface area contributed by atoms with Gasteiger partial charge in [0.1, 0.15) is 5.75 Å². The number of aryl methyl sites for hydroxylation is 2. The predicted octanol–water partition coefficient (Wildman–Crippen LogP) is 2.89. The third-order valence-corrected chi connectivity index (χ3v) is 4.12. The van der Waals surface area contributed by atoms with Crippen LogP contribution in [0.1, 0.15) is 29.5 Å². The lowest BCUT2D eigenvalue weighted by molar-refractivity contribution is -0.128. The Labute approximate surface area is 170 Å². The van der Waals surface area contributed by atoms with Crippen molar-refractivity contribution < 1.29 is 19.1 Å². The Kier molecular flexibility index (Phi) is 7.97. The second-order valence-corrected chi connectivity index (χ2v) is 6.48. The van der Waals surface area contributed by atoms with Gasteiger partial charge in [-0.15, -0.1) is 0 Å². The number of ether oxygens (including phenoxy) is 1. The molecule has 3 N–H and O–H groups in total. The molecule has 0 unspecified atom stereocenters. The maximum absolute atomic E-state index is 12.0. The van der Waals surface area contributed by atoms with E-state index in [9.17, 15) is 14.4 Å². The molecule has 0 aliphatic carbocycles. The van der Waals surface area contributed by atoms with E-state index >= 15 is 0 Å². The van der Waals surface area contributed by atoms with E-state index in [1.165, 1.54) is 6.08 Å². The fraction of sp³-hybridized carbons (Fsp3) is 0.227. The fourth-order valence-electron chi connectivity index (χ4n) is 2.52. The third-order valence-electron chi connectivity index (χ3n) is 4.12. The van der Waals surface area contributed by atoms with E-state index in [0.717, 1.165) is 22.4 Å². The van der Waals surface area contributed by atoms with Gasteiger partial charge in [-0.2, -0.15) is 0 Å². The van der Waals surface area contributed by atoms with Crippen molar-refractivity contribution in [1.82, 2.24) is 10.9 Å². The highest BCUT2D eigenvalue weighted by molar-refractivity contribution is 5.95. The van der Waals surface area contributed by atoms with E-state index in [4.69, 9.17) is 4.74 Å². The Morgan fingerprint density at radius 2 is 1.69 bits per heavy atom. The Morgan fingerprint density at radius 3 is 2.45 bits per heavy atom. The van der Waals surface area contributed by atoms with E-state index in [1.54, 1.807) is 25.3 Å². The van der Waals surface area contributed by atoms with Gasteiger partial charge in [0.15, 0.2) is 0 Å². The zero-order chi connectivity index (χ0) is 21.2. The lowest BCUT2D eigenvalue weighted by Crippen LogP contribution is -2.41. The molecule has 0 atom stereocenters. The summed E-state index contributed by atoms with van der Waals surface area (Å²) in [6.45, 7) is 3.84. The zero-order valence-corrected chi connectivity index (χ0v) is 16.7. The molecule has 29 heavy (non-hydrogen) atoms. The average Bonchev–Trinajstić information content (AvgIpc) is 2.72. The molecular weight excluding hydrogens is 370 g/mol. The van der Waals surface area contributed by atoms with E-state index in [1.807, 2.05) is 44.2 Å². The zero-order valence-electron chi connectivity index (χ0n) is 16.7. The van der Waals surface area contributed by atoms with Gasteiger partial charge in [0.2, 0.25) is 11.8 Å². The Hall–Kier alpha value is -3.61. The summed E-state index contributed by atoms with van der Waals surface area (Å²) in [5.74, 6) is -0.587. The quantitative estimate of drug-likeness (QED) is 0.496. The molecular formula is C22H25N3O4. The summed E-state index contributed by atoms with van der Waals surface area (Å²) in [6, 6.07) is 13.0. The lowest BCUT2D eigenvalue weighted by atomic mass is 10.1. The van der Waals surface area contributed by atoms with Crippen LogP contribution >= 0.6 is 0 Å². The Bertz CT molecular complexity index is 922. The molecule has 0 fully saturated rings. The second kappa shape index (κ2) is 10.7. The maximum Gasteiger partial charge on any atom is 0.262 e. The summed E-state index contributed by atoms with van der Waals surface area (Å²) < 4.78 is 5.20. The number of benzene rings is 2. The highest BCUT2D eigenvalue weighted by Crippen LogP contribution is 2.18. The van der Waals surface area contributed by atoms with Crippen LogP contribution in [-0.2, 0) is 14.4 Å². The van der Waals surface area contributed by atoms with Gasteiger partial charge in [0, 0.05) is 30.2 Å². The molecule has 0 saturated heterocycles. The Morgan fingerprint density at radius 1 is 0.966 bits per heavy atom. The number of carbonyl (C=O) groups is 3. The van der Waals surface area contributed by atoms with Crippen LogP contribution < -0.4 is 20.9 Å². The van der Waals surface area contributed by atoms with Crippen molar-refractivity contribution >= 4 is 29.5 Å². The fourth-order valence-corrected chi connectivity index (χ4v) is 2.52. The van der Waals surface area contributed by atoms with Crippen LogP contribution in [-0.4, -0.2) is 24.8 Å². The topological polar surface area (TPSA) is 96.5 Å². The van der Waals surface area contributed by atoms with Crippen molar-refractivity contribution in [3.05, 3.63) is 65.2 Å². The summed E-state index contributed by atoms with van der Waals surface area (Å²) in [4.78, 5) is 35.7. The monoisotopic (exact) mass is 395 g/mol. The molecule has 7 heteroatoms. The molecule has 152 valence electrons. The SMILES string of the molecule is COc1ccccc1/C=C/C(=O)NNC(=O)CCC(=O)Nc1cc(C)ccc1C. The number of amides is 3. The summed E-state index contributed by atoms with van der Waals surface area (Å²) >= 11 is 0. The van der Waals surface area contributed by atoms with Crippen molar-refractivity contribution in [2.24, 2.45) is 0 Å². The minimum absolute atomic E-state index is 0.00609. The van der Waals surface area contributed by atoms with Gasteiger partial charge < -0.3 is 10.1 Å². The molecule has 0 aromatic heterocycles. The first-order valence-electron chi connectivity index (χ1n) is 9.16. The molecule has 0 aliphatic heterocycles. The average molecular weight is 395 g/mol. The molecule has 2 aromatic carbocycles. The van der Waals surface area contributed by atoms with Gasteiger partial charge in [-0.05, 0) is 43.2 Å². The Balaban J connectivity index is 1.75. The summed E-state index contributed by atoms with van der Waals surface area (Å²) in [7, 11) is 1.55. The number of hydrogen-bond donors (Lipinski definition) is 3. The third kappa shape index (κ3) is 7.14. The summed E-state index contributed by atoms with van der Waals surface area (Å²) in [6.07, 6.45) is 2.82. The van der Waals surface area contributed by atoms with Crippen molar-refractivity contribution in [2.45, 2.75) is 26.7 Å². The van der Waals surface area contributed by atoms with Crippen LogP contribution in [0.4, 0.5) is 5.69 Å². The number of hydrazine groups is 1. The minimum atomic E-state index is -0.496. The number of hydrogen-bond acceptors (Lipinski definition) is 4. The maximum atomic E-state index is 12.0. The van der Waals surface area contributed by atoms with E-state index in [-0.39, 0.29) is 18.7 Å². The number of anilines is 1. The molecule has 2 rings (SSSR count). The molecule has 3 amide bonds. The summed E-state index contributed by atoms with van der Waals surface area (Å²) in [5, 5.41) is 2.79. The van der Waals surface area contributed by atoms with Crippen LogP contribution in [0.3, 0.4) is 0 Å². The number of para-hydroxylation sites is 1.